The maximum atomic E-state index is 10.9. The van der Waals surface area contributed by atoms with Crippen LogP contribution in [0.1, 0.15) is 12.3 Å². The lowest BCUT2D eigenvalue weighted by molar-refractivity contribution is 0.415. The first kappa shape index (κ1) is 20.4. The molecule has 1 aliphatic carbocycles. The monoisotopic (exact) mass is 439 g/mol. The van der Waals surface area contributed by atoms with E-state index in [4.69, 9.17) is 9.15 Å². The molecule has 4 aromatic rings. The van der Waals surface area contributed by atoms with E-state index in [1.807, 2.05) is 48.6 Å². The Morgan fingerprint density at radius 3 is 2.85 bits per heavy atom. The van der Waals surface area contributed by atoms with Crippen molar-refractivity contribution in [1.82, 2.24) is 20.2 Å². The summed E-state index contributed by atoms with van der Waals surface area (Å²) >= 11 is 0. The number of aromatic nitrogens is 4. The molecule has 0 spiro atoms. The van der Waals surface area contributed by atoms with Crippen molar-refractivity contribution in [1.29, 1.82) is 0 Å². The van der Waals surface area contributed by atoms with Crippen molar-refractivity contribution in [2.75, 3.05) is 12.4 Å². The van der Waals surface area contributed by atoms with Gasteiger partial charge >= 0.3 is 0 Å². The van der Waals surface area contributed by atoms with Crippen molar-refractivity contribution in [2.24, 2.45) is 0 Å². The predicted molar refractivity (Wildman–Crippen MR) is 125 cm³/mol. The van der Waals surface area contributed by atoms with E-state index in [1.165, 1.54) is 0 Å². The van der Waals surface area contributed by atoms with Crippen molar-refractivity contribution >= 4 is 22.4 Å². The molecule has 0 saturated heterocycles. The molecule has 0 unspecified atom stereocenters. The van der Waals surface area contributed by atoms with Gasteiger partial charge in [0.25, 0.3) is 5.89 Å². The normalized spacial score (nSPS) is 13.1. The Balaban J connectivity index is 1.52. The van der Waals surface area contributed by atoms with Gasteiger partial charge in [0.15, 0.2) is 11.4 Å². The van der Waals surface area contributed by atoms with Crippen LogP contribution in [0.5, 0.6) is 11.5 Å². The minimum absolute atomic E-state index is 0.113. The average Bonchev–Trinajstić information content (AvgIpc) is 3.15. The summed E-state index contributed by atoms with van der Waals surface area (Å²) in [6.07, 6.45) is 13.2. The lowest BCUT2D eigenvalue weighted by Crippen LogP contribution is -1.99. The highest BCUT2D eigenvalue weighted by atomic mass is 16.5. The van der Waals surface area contributed by atoms with Gasteiger partial charge in [-0.25, -0.2) is 4.98 Å². The van der Waals surface area contributed by atoms with Gasteiger partial charge in [-0.2, -0.15) is 0 Å². The Morgan fingerprint density at radius 2 is 2.00 bits per heavy atom. The zero-order valence-electron chi connectivity index (χ0n) is 17.9. The van der Waals surface area contributed by atoms with Gasteiger partial charge in [0, 0.05) is 17.3 Å². The molecule has 8 heteroatoms. The third kappa shape index (κ3) is 4.31. The number of nitrogens with zero attached hydrogens (tertiary/aromatic N) is 4. The fourth-order valence-electron chi connectivity index (χ4n) is 3.51. The summed E-state index contributed by atoms with van der Waals surface area (Å²) in [6.45, 7) is 0. The molecule has 3 aromatic heterocycles. The van der Waals surface area contributed by atoms with Gasteiger partial charge in [-0.3, -0.25) is 4.98 Å². The van der Waals surface area contributed by atoms with Crippen molar-refractivity contribution in [3.63, 3.8) is 0 Å². The van der Waals surface area contributed by atoms with Gasteiger partial charge in [-0.1, -0.05) is 30.4 Å². The van der Waals surface area contributed by atoms with Gasteiger partial charge in [-0.15, -0.1) is 10.2 Å². The molecule has 0 atom stereocenters. The zero-order valence-corrected chi connectivity index (χ0v) is 17.9. The molecule has 0 bridgehead atoms. The number of ether oxygens (including phenoxy) is 1. The third-order valence-electron chi connectivity index (χ3n) is 5.16. The first-order valence-electron chi connectivity index (χ1n) is 10.4. The molecule has 0 saturated carbocycles. The van der Waals surface area contributed by atoms with Crippen LogP contribution in [-0.2, 0) is 6.42 Å². The van der Waals surface area contributed by atoms with E-state index >= 15 is 0 Å². The number of pyridine rings is 2. The Morgan fingerprint density at radius 1 is 1.12 bits per heavy atom. The second-order valence-electron chi connectivity index (χ2n) is 7.40. The number of benzene rings is 1. The largest absolute Gasteiger partial charge is 0.504 e. The summed E-state index contributed by atoms with van der Waals surface area (Å²) in [6, 6.07) is 11.1. The molecular weight excluding hydrogens is 418 g/mol. The second-order valence-corrected chi connectivity index (χ2v) is 7.40. The maximum Gasteiger partial charge on any atom is 0.270 e. The summed E-state index contributed by atoms with van der Waals surface area (Å²) < 4.78 is 11.1. The Kier molecular flexibility index (Phi) is 5.55. The van der Waals surface area contributed by atoms with Crippen molar-refractivity contribution in [2.45, 2.75) is 12.8 Å². The number of anilines is 2. The lowest BCUT2D eigenvalue weighted by Gasteiger charge is -2.12. The summed E-state index contributed by atoms with van der Waals surface area (Å²) in [5.41, 5.74) is 2.41. The summed E-state index contributed by atoms with van der Waals surface area (Å²) in [7, 11) is 1.62. The number of rotatable bonds is 6. The highest BCUT2D eigenvalue weighted by Gasteiger charge is 2.21. The number of hydrogen-bond acceptors (Lipinski definition) is 8. The van der Waals surface area contributed by atoms with E-state index in [0.29, 0.717) is 29.0 Å². The first-order valence-corrected chi connectivity index (χ1v) is 10.4. The first-order chi connectivity index (χ1) is 16.2. The minimum atomic E-state index is -0.113. The van der Waals surface area contributed by atoms with E-state index in [2.05, 4.69) is 37.6 Å². The molecule has 2 N–H and O–H groups in total. The van der Waals surface area contributed by atoms with Crippen LogP contribution in [0.3, 0.4) is 0 Å². The molecule has 3 heterocycles. The van der Waals surface area contributed by atoms with Crippen molar-refractivity contribution in [3.05, 3.63) is 84.4 Å². The topological polar surface area (TPSA) is 106 Å². The Labute approximate surface area is 190 Å². The van der Waals surface area contributed by atoms with Crippen LogP contribution in [0, 0.1) is 0 Å². The van der Waals surface area contributed by atoms with E-state index in [-0.39, 0.29) is 17.3 Å². The van der Waals surface area contributed by atoms with E-state index in [9.17, 15) is 5.11 Å². The predicted octanol–water partition coefficient (Wildman–Crippen LogP) is 5.12. The number of nitrogens with one attached hydrogen (secondary N) is 1. The number of methoxy groups -OCH3 is 1. The van der Waals surface area contributed by atoms with Crippen LogP contribution in [0.15, 0.2) is 83.0 Å². The van der Waals surface area contributed by atoms with E-state index in [0.717, 1.165) is 23.4 Å². The van der Waals surface area contributed by atoms with Crippen LogP contribution in [0.2, 0.25) is 0 Å². The fraction of sp³-hybridized carbons (Fsp3) is 0.120. The number of fused-ring (bicyclic) bond motifs is 1. The minimum Gasteiger partial charge on any atom is -0.504 e. The zero-order chi connectivity index (χ0) is 22.6. The van der Waals surface area contributed by atoms with Crippen LogP contribution in [-0.4, -0.2) is 32.4 Å². The molecule has 5 rings (SSSR count). The highest BCUT2D eigenvalue weighted by Crippen LogP contribution is 2.37. The number of allylic oxidation sites excluding steroid dienone is 6. The van der Waals surface area contributed by atoms with Gasteiger partial charge in [-0.05, 0) is 48.4 Å². The van der Waals surface area contributed by atoms with Gasteiger partial charge < -0.3 is 19.6 Å². The molecule has 0 amide bonds. The number of aromatic hydroxyl groups is 1. The smallest absolute Gasteiger partial charge is 0.270 e. The van der Waals surface area contributed by atoms with Crippen LogP contribution in [0.25, 0.3) is 22.5 Å². The highest BCUT2D eigenvalue weighted by molar-refractivity contribution is 5.97. The standard InChI is InChI=1S/C25H21N5O3/c1-32-18-12-10-17(11-13-18)27-24-19-9-6-14-26-21(19)23(31)22(28-24)25-30-29-20(33-25)15-16-7-4-2-3-5-8-16/h2,4-14,31H,3,15H2,1H3,(H,27,28). The average molecular weight is 439 g/mol. The summed E-state index contributed by atoms with van der Waals surface area (Å²) in [4.78, 5) is 8.96. The lowest BCUT2D eigenvalue weighted by atomic mass is 10.1. The molecule has 0 aliphatic heterocycles. The van der Waals surface area contributed by atoms with E-state index < -0.39 is 0 Å². The van der Waals surface area contributed by atoms with Crippen molar-refractivity contribution < 1.29 is 14.3 Å². The van der Waals surface area contributed by atoms with Gasteiger partial charge in [0.1, 0.15) is 17.1 Å². The quantitative estimate of drug-likeness (QED) is 0.426. The third-order valence-corrected chi connectivity index (χ3v) is 5.16. The van der Waals surface area contributed by atoms with E-state index in [1.54, 1.807) is 19.4 Å². The molecule has 8 nitrogen and oxygen atoms in total. The molecular formula is C25H21N5O3. The van der Waals surface area contributed by atoms with Crippen LogP contribution >= 0.6 is 0 Å². The molecule has 33 heavy (non-hydrogen) atoms. The Bertz CT molecular complexity index is 1390. The number of hydrogen-bond donors (Lipinski definition) is 2. The fourth-order valence-corrected chi connectivity index (χ4v) is 3.51. The molecule has 1 aromatic carbocycles. The van der Waals surface area contributed by atoms with Crippen molar-refractivity contribution in [3.8, 4) is 23.1 Å². The summed E-state index contributed by atoms with van der Waals surface area (Å²) in [5.74, 6) is 1.71. The van der Waals surface area contributed by atoms with Gasteiger partial charge in [0.05, 0.1) is 13.5 Å². The molecule has 0 fully saturated rings. The Hall–Kier alpha value is -4.46. The molecule has 1 aliphatic rings. The molecule has 0 radical (unpaired) electrons. The summed E-state index contributed by atoms with van der Waals surface area (Å²) in [5, 5.41) is 23.1. The van der Waals surface area contributed by atoms with Crippen LogP contribution < -0.4 is 10.1 Å². The SMILES string of the molecule is COc1ccc(Nc2nc(-c3nnc(CC4=CC=CCC=C4)o3)c(O)c3ncccc23)cc1. The molecule has 164 valence electrons. The van der Waals surface area contributed by atoms with Crippen LogP contribution in [0.4, 0.5) is 11.5 Å². The van der Waals surface area contributed by atoms with Gasteiger partial charge in [0.2, 0.25) is 5.89 Å². The second kappa shape index (κ2) is 8.96. The maximum absolute atomic E-state index is 10.9.